The van der Waals surface area contributed by atoms with Crippen LogP contribution in [0.5, 0.6) is 0 Å². The van der Waals surface area contributed by atoms with Crippen molar-refractivity contribution in [2.24, 2.45) is 5.10 Å². The fourth-order valence-electron chi connectivity index (χ4n) is 2.33. The lowest BCUT2D eigenvalue weighted by Gasteiger charge is -2.21. The van der Waals surface area contributed by atoms with Crippen LogP contribution in [0.4, 0.5) is 0 Å². The molecule has 3 nitrogen and oxygen atoms in total. The maximum atomic E-state index is 5.24. The molecule has 1 fully saturated rings. The van der Waals surface area contributed by atoms with E-state index >= 15 is 0 Å². The van der Waals surface area contributed by atoms with Gasteiger partial charge >= 0.3 is 0 Å². The minimum Gasteiger partial charge on any atom is -0.382 e. The number of methoxy groups -OCH3 is 1. The van der Waals surface area contributed by atoms with Crippen molar-refractivity contribution in [1.29, 1.82) is 0 Å². The number of hydrazone groups is 1. The number of benzene rings is 1. The first-order chi connectivity index (χ1) is 9.29. The SMILES string of the molecule is COCC1CCCN1/N=C(C)/C=C/c1ccccc1. The molecule has 1 unspecified atom stereocenters. The molecule has 1 aromatic carbocycles. The third kappa shape index (κ3) is 4.21. The third-order valence-corrected chi connectivity index (χ3v) is 3.31. The van der Waals surface area contributed by atoms with Crippen molar-refractivity contribution in [1.82, 2.24) is 5.01 Å². The minimum atomic E-state index is 0.435. The first-order valence-electron chi connectivity index (χ1n) is 6.83. The predicted octanol–water partition coefficient (Wildman–Crippen LogP) is 3.19. The molecule has 1 aliphatic rings. The van der Waals surface area contributed by atoms with Crippen molar-refractivity contribution in [2.75, 3.05) is 20.3 Å². The fourth-order valence-corrected chi connectivity index (χ4v) is 2.33. The van der Waals surface area contributed by atoms with Crippen LogP contribution in [-0.2, 0) is 4.74 Å². The van der Waals surface area contributed by atoms with Crippen LogP contribution in [0, 0.1) is 0 Å². The molecule has 0 bridgehead atoms. The third-order valence-electron chi connectivity index (χ3n) is 3.31. The van der Waals surface area contributed by atoms with Crippen LogP contribution in [0.15, 0.2) is 41.5 Å². The lowest BCUT2D eigenvalue weighted by Crippen LogP contribution is -2.29. The van der Waals surface area contributed by atoms with E-state index in [4.69, 9.17) is 4.74 Å². The molecule has 0 aliphatic carbocycles. The Morgan fingerprint density at radius 3 is 2.95 bits per heavy atom. The van der Waals surface area contributed by atoms with Crippen molar-refractivity contribution in [3.63, 3.8) is 0 Å². The number of rotatable bonds is 5. The normalized spacial score (nSPS) is 20.4. The Hall–Kier alpha value is -1.61. The van der Waals surface area contributed by atoms with Gasteiger partial charge in [0.15, 0.2) is 0 Å². The van der Waals surface area contributed by atoms with Crippen LogP contribution < -0.4 is 0 Å². The Kier molecular flexibility index (Phi) is 5.16. The Morgan fingerprint density at radius 2 is 2.21 bits per heavy atom. The fraction of sp³-hybridized carbons (Fsp3) is 0.438. The molecule has 0 amide bonds. The van der Waals surface area contributed by atoms with E-state index in [1.807, 2.05) is 25.1 Å². The van der Waals surface area contributed by atoms with Crippen molar-refractivity contribution in [3.8, 4) is 0 Å². The first kappa shape index (κ1) is 13.8. The summed E-state index contributed by atoms with van der Waals surface area (Å²) in [6.07, 6.45) is 6.54. The Morgan fingerprint density at radius 1 is 1.42 bits per heavy atom. The zero-order valence-electron chi connectivity index (χ0n) is 11.7. The number of nitrogens with zero attached hydrogens (tertiary/aromatic N) is 2. The van der Waals surface area contributed by atoms with E-state index in [0.717, 1.165) is 18.9 Å². The summed E-state index contributed by atoms with van der Waals surface area (Å²) in [5.74, 6) is 0. The lowest BCUT2D eigenvalue weighted by atomic mass is 10.2. The summed E-state index contributed by atoms with van der Waals surface area (Å²) in [6.45, 7) is 3.84. The molecule has 19 heavy (non-hydrogen) atoms. The van der Waals surface area contributed by atoms with Gasteiger partial charge in [0.05, 0.1) is 18.4 Å². The lowest BCUT2D eigenvalue weighted by molar-refractivity contribution is 0.118. The summed E-state index contributed by atoms with van der Waals surface area (Å²) in [4.78, 5) is 0. The second-order valence-electron chi connectivity index (χ2n) is 4.90. The van der Waals surface area contributed by atoms with Crippen molar-refractivity contribution >= 4 is 11.8 Å². The molecule has 1 atom stereocenters. The smallest absolute Gasteiger partial charge is 0.0704 e. The van der Waals surface area contributed by atoms with Crippen LogP contribution in [0.2, 0.25) is 0 Å². The summed E-state index contributed by atoms with van der Waals surface area (Å²) in [5.41, 5.74) is 2.23. The molecule has 0 N–H and O–H groups in total. The summed E-state index contributed by atoms with van der Waals surface area (Å²) >= 11 is 0. The van der Waals surface area contributed by atoms with Gasteiger partial charge < -0.3 is 4.74 Å². The zero-order valence-corrected chi connectivity index (χ0v) is 11.7. The van der Waals surface area contributed by atoms with Crippen molar-refractivity contribution in [3.05, 3.63) is 42.0 Å². The van der Waals surface area contributed by atoms with Gasteiger partial charge in [-0.15, -0.1) is 0 Å². The monoisotopic (exact) mass is 258 g/mol. The van der Waals surface area contributed by atoms with Gasteiger partial charge in [-0.2, -0.15) is 5.10 Å². The molecule has 1 heterocycles. The zero-order chi connectivity index (χ0) is 13.5. The van der Waals surface area contributed by atoms with E-state index in [9.17, 15) is 0 Å². The molecule has 0 radical (unpaired) electrons. The van der Waals surface area contributed by atoms with Crippen LogP contribution in [0.1, 0.15) is 25.3 Å². The van der Waals surface area contributed by atoms with E-state index in [-0.39, 0.29) is 0 Å². The highest BCUT2D eigenvalue weighted by molar-refractivity contribution is 5.96. The average Bonchev–Trinajstić information content (AvgIpc) is 2.85. The van der Waals surface area contributed by atoms with Gasteiger partial charge in [-0.25, -0.2) is 0 Å². The van der Waals surface area contributed by atoms with Gasteiger partial charge in [0.25, 0.3) is 0 Å². The predicted molar refractivity (Wildman–Crippen MR) is 80.2 cm³/mol. The van der Waals surface area contributed by atoms with E-state index < -0.39 is 0 Å². The highest BCUT2D eigenvalue weighted by Crippen LogP contribution is 2.17. The molecular weight excluding hydrogens is 236 g/mol. The summed E-state index contributed by atoms with van der Waals surface area (Å²) < 4.78 is 5.24. The molecule has 2 rings (SSSR count). The minimum absolute atomic E-state index is 0.435. The van der Waals surface area contributed by atoms with E-state index in [0.29, 0.717) is 6.04 Å². The summed E-state index contributed by atoms with van der Waals surface area (Å²) in [6, 6.07) is 10.7. The van der Waals surface area contributed by atoms with Crippen LogP contribution >= 0.6 is 0 Å². The Balaban J connectivity index is 1.97. The number of hydrogen-bond acceptors (Lipinski definition) is 3. The van der Waals surface area contributed by atoms with Gasteiger partial charge in [-0.3, -0.25) is 5.01 Å². The van der Waals surface area contributed by atoms with Gasteiger partial charge in [0, 0.05) is 13.7 Å². The second kappa shape index (κ2) is 7.10. The van der Waals surface area contributed by atoms with Gasteiger partial charge in [-0.05, 0) is 31.4 Å². The summed E-state index contributed by atoms with van der Waals surface area (Å²) in [7, 11) is 1.75. The molecule has 0 saturated carbocycles. The average molecular weight is 258 g/mol. The maximum Gasteiger partial charge on any atom is 0.0704 e. The van der Waals surface area contributed by atoms with Gasteiger partial charge in [-0.1, -0.05) is 36.4 Å². The topological polar surface area (TPSA) is 24.8 Å². The van der Waals surface area contributed by atoms with E-state index in [1.165, 1.54) is 18.4 Å². The highest BCUT2D eigenvalue weighted by Gasteiger charge is 2.22. The molecule has 0 aromatic heterocycles. The quantitative estimate of drug-likeness (QED) is 0.758. The molecule has 3 heteroatoms. The van der Waals surface area contributed by atoms with Crippen molar-refractivity contribution in [2.45, 2.75) is 25.8 Å². The first-order valence-corrected chi connectivity index (χ1v) is 6.83. The van der Waals surface area contributed by atoms with Crippen LogP contribution in [-0.4, -0.2) is 37.0 Å². The molecule has 102 valence electrons. The largest absolute Gasteiger partial charge is 0.382 e. The molecule has 1 saturated heterocycles. The molecule has 0 spiro atoms. The Labute approximate surface area is 115 Å². The Bertz CT molecular complexity index is 439. The van der Waals surface area contributed by atoms with Crippen molar-refractivity contribution < 1.29 is 4.74 Å². The molecular formula is C16H22N2O. The van der Waals surface area contributed by atoms with Crippen LogP contribution in [0.3, 0.4) is 0 Å². The second-order valence-corrected chi connectivity index (χ2v) is 4.90. The maximum absolute atomic E-state index is 5.24. The molecule has 1 aromatic rings. The number of hydrogen-bond donors (Lipinski definition) is 0. The highest BCUT2D eigenvalue weighted by atomic mass is 16.5. The standard InChI is InChI=1S/C16H22N2O/c1-14(10-11-15-7-4-3-5-8-15)17-18-12-6-9-16(18)13-19-2/h3-5,7-8,10-11,16H,6,9,12-13H2,1-2H3/b11-10+,17-14+. The van der Waals surface area contributed by atoms with E-state index in [2.05, 4.69) is 34.4 Å². The number of ether oxygens (including phenoxy) is 1. The number of allylic oxidation sites excluding steroid dienone is 1. The van der Waals surface area contributed by atoms with Crippen LogP contribution in [0.25, 0.3) is 6.08 Å². The summed E-state index contributed by atoms with van der Waals surface area (Å²) in [5, 5.41) is 6.84. The van der Waals surface area contributed by atoms with Gasteiger partial charge in [0.1, 0.15) is 0 Å². The molecule has 1 aliphatic heterocycles. The van der Waals surface area contributed by atoms with Gasteiger partial charge in [0.2, 0.25) is 0 Å². The van der Waals surface area contributed by atoms with E-state index in [1.54, 1.807) is 7.11 Å².